The number of allylic oxidation sites excluding steroid dienone is 1. The Kier molecular flexibility index (Phi) is 13.0. The van der Waals surface area contributed by atoms with Crippen LogP contribution >= 0.6 is 0 Å². The molecule has 0 saturated carbocycles. The van der Waals surface area contributed by atoms with Crippen molar-refractivity contribution < 1.29 is 40.6 Å². The average Bonchev–Trinajstić information content (AvgIpc) is 3.12. The summed E-state index contributed by atoms with van der Waals surface area (Å²) < 4.78 is 7.26. The standard InChI is InChI=1S/C19H26N4O2.U/c1-5-6-8-18(25-4)16(2)9-10-17(20)19(24)22(3)12-7-13-23-14-11-21-15-23;/h5-6,10-11,14-15,18H,2,7-8,12-13H2,1,3-4H3;/q-2;+2/b6-5-;. The molecular formula is C19H26N4O2U. The van der Waals surface area contributed by atoms with Gasteiger partial charge in [-0.2, -0.15) is 18.7 Å². The van der Waals surface area contributed by atoms with Gasteiger partial charge >= 0.3 is 31.1 Å². The zero-order chi connectivity index (χ0) is 18.7. The molecule has 1 amide bonds. The van der Waals surface area contributed by atoms with Crippen LogP contribution in [0.15, 0.2) is 49.1 Å². The summed E-state index contributed by atoms with van der Waals surface area (Å²) in [5, 5.41) is 9.95. The van der Waals surface area contributed by atoms with E-state index in [1.54, 1.807) is 26.7 Å². The van der Waals surface area contributed by atoms with Crippen molar-refractivity contribution >= 4 is 11.6 Å². The van der Waals surface area contributed by atoms with Gasteiger partial charge in [0, 0.05) is 39.6 Å². The second kappa shape index (κ2) is 13.7. The summed E-state index contributed by atoms with van der Waals surface area (Å²) in [6.07, 6.45) is 14.5. The number of nitrogens with zero attached hydrogens (tertiary/aromatic N) is 4. The zero-order valence-electron chi connectivity index (χ0n) is 15.7. The van der Waals surface area contributed by atoms with Crippen LogP contribution in [0.3, 0.4) is 0 Å². The summed E-state index contributed by atoms with van der Waals surface area (Å²) in [6.45, 7) is 7.09. The summed E-state index contributed by atoms with van der Waals surface area (Å²) in [7, 11) is 3.24. The minimum atomic E-state index is -0.451. The fourth-order valence-electron chi connectivity index (χ4n) is 2.16. The van der Waals surface area contributed by atoms with Crippen LogP contribution in [0.4, 0.5) is 0 Å². The fourth-order valence-corrected chi connectivity index (χ4v) is 2.16. The number of aromatic nitrogens is 2. The molecule has 0 saturated heterocycles. The third kappa shape index (κ3) is 8.80. The molecule has 7 heteroatoms. The molecule has 6 nitrogen and oxygen atoms in total. The summed E-state index contributed by atoms with van der Waals surface area (Å²) in [6, 6.07) is 0. The van der Waals surface area contributed by atoms with Crippen LogP contribution in [0.5, 0.6) is 0 Å². The quantitative estimate of drug-likeness (QED) is 0.175. The Morgan fingerprint density at radius 1 is 1.54 bits per heavy atom. The molecule has 1 atom stereocenters. The van der Waals surface area contributed by atoms with Gasteiger partial charge in [0.15, 0.2) is 5.91 Å². The van der Waals surface area contributed by atoms with Crippen molar-refractivity contribution in [2.24, 2.45) is 0 Å². The molecule has 0 fully saturated rings. The van der Waals surface area contributed by atoms with Crippen molar-refractivity contribution in [1.82, 2.24) is 14.5 Å². The van der Waals surface area contributed by atoms with E-state index in [1.807, 2.05) is 29.8 Å². The minimum absolute atomic E-state index is 0. The molecule has 1 aromatic heterocycles. The Morgan fingerprint density at radius 3 is 2.85 bits per heavy atom. The van der Waals surface area contributed by atoms with E-state index in [2.05, 4.69) is 17.6 Å². The number of amides is 1. The third-order valence-corrected chi connectivity index (χ3v) is 3.69. The largest absolute Gasteiger partial charge is 2.00 e. The molecule has 0 aromatic carbocycles. The van der Waals surface area contributed by atoms with Gasteiger partial charge in [-0.15, -0.1) is 5.57 Å². The van der Waals surface area contributed by atoms with Crippen LogP contribution in [0.1, 0.15) is 19.8 Å². The smallest absolute Gasteiger partial charge is 0.868 e. The fraction of sp³-hybridized carbons (Fsp3) is 0.421. The number of ether oxygens (including phenoxy) is 1. The molecule has 1 heterocycles. The third-order valence-electron chi connectivity index (χ3n) is 3.69. The number of hydrogen-bond acceptors (Lipinski definition) is 3. The van der Waals surface area contributed by atoms with Crippen LogP contribution < -0.4 is 0 Å². The van der Waals surface area contributed by atoms with Gasteiger partial charge in [-0.1, -0.05) is 12.2 Å². The Morgan fingerprint density at radius 2 is 2.27 bits per heavy atom. The van der Waals surface area contributed by atoms with Crippen molar-refractivity contribution in [3.05, 3.63) is 60.6 Å². The number of aryl methyl sites for hydroxylation is 1. The van der Waals surface area contributed by atoms with Crippen LogP contribution in [0.2, 0.25) is 0 Å². The molecule has 0 spiro atoms. The van der Waals surface area contributed by atoms with Gasteiger partial charge in [0.05, 0.1) is 12.4 Å². The molecule has 0 aliphatic heterocycles. The first kappa shape index (κ1) is 24.6. The number of methoxy groups -OCH3 is 1. The van der Waals surface area contributed by atoms with E-state index in [-0.39, 0.29) is 42.9 Å². The molecule has 1 unspecified atom stereocenters. The molecule has 1 rings (SSSR count). The number of carbonyl (C=O) groups is 1. The first-order valence-electron chi connectivity index (χ1n) is 8.19. The average molecular weight is 580 g/mol. The van der Waals surface area contributed by atoms with Gasteiger partial charge in [-0.25, -0.2) is 10.7 Å². The molecule has 0 N–H and O–H groups in total. The monoisotopic (exact) mass is 580 g/mol. The van der Waals surface area contributed by atoms with Crippen molar-refractivity contribution in [3.63, 3.8) is 0 Å². The predicted octanol–water partition coefficient (Wildman–Crippen LogP) is 2.64. The maximum Gasteiger partial charge on any atom is 2.00 e. The zero-order valence-corrected chi connectivity index (χ0v) is 19.8. The van der Waals surface area contributed by atoms with E-state index in [4.69, 9.17) is 4.74 Å². The van der Waals surface area contributed by atoms with E-state index in [1.165, 1.54) is 11.0 Å². The van der Waals surface area contributed by atoms with Gasteiger partial charge < -0.3 is 19.6 Å². The van der Waals surface area contributed by atoms with E-state index in [9.17, 15) is 10.2 Å². The van der Waals surface area contributed by atoms with Crippen LogP contribution in [-0.2, 0) is 16.1 Å². The molecule has 0 aliphatic rings. The number of rotatable bonds is 11. The second-order valence-electron chi connectivity index (χ2n) is 5.61. The summed E-state index contributed by atoms with van der Waals surface area (Å²) in [5.41, 5.74) is 0.204. The Balaban J connectivity index is 0.00000625. The van der Waals surface area contributed by atoms with Gasteiger partial charge in [0.2, 0.25) is 0 Å². The first-order chi connectivity index (χ1) is 12.0. The normalized spacial score (nSPS) is 12.1. The van der Waals surface area contributed by atoms with Gasteiger partial charge in [0.25, 0.3) is 0 Å². The van der Waals surface area contributed by atoms with E-state index in [0.29, 0.717) is 18.5 Å². The number of hydrogen-bond donors (Lipinski definition) is 0. The molecule has 26 heavy (non-hydrogen) atoms. The topological polar surface area (TPSA) is 69.7 Å². The van der Waals surface area contributed by atoms with Crippen molar-refractivity contribution in [2.75, 3.05) is 20.7 Å². The summed E-state index contributed by atoms with van der Waals surface area (Å²) >= 11 is 0. The second-order valence-corrected chi connectivity index (χ2v) is 5.61. The van der Waals surface area contributed by atoms with E-state index in [0.717, 1.165) is 13.0 Å². The first-order valence-corrected chi connectivity index (χ1v) is 8.19. The van der Waals surface area contributed by atoms with Crippen LogP contribution in [0, 0.1) is 37.2 Å². The SMILES string of the molecule is C=C([C-]=CC(=[N-])C(=O)N(C)CCCn1ccnc1)C(C/C=C\C)OC.[U+2]. The van der Waals surface area contributed by atoms with Gasteiger partial charge in [-0.3, -0.25) is 4.79 Å². The Bertz CT molecular complexity index is 623. The van der Waals surface area contributed by atoms with Crippen LogP contribution in [-0.4, -0.2) is 52.9 Å². The van der Waals surface area contributed by atoms with Gasteiger partial charge in [0.1, 0.15) is 0 Å². The maximum absolute atomic E-state index is 12.1. The molecule has 138 valence electrons. The van der Waals surface area contributed by atoms with Crippen LogP contribution in [0.25, 0.3) is 5.41 Å². The predicted molar refractivity (Wildman–Crippen MR) is 100 cm³/mol. The summed E-state index contributed by atoms with van der Waals surface area (Å²) in [4.78, 5) is 17.6. The Labute approximate surface area is 179 Å². The molecule has 1 aromatic rings. The maximum atomic E-state index is 12.1. The number of carbonyl (C=O) groups excluding carboxylic acids is 1. The molecule has 0 bridgehead atoms. The van der Waals surface area contributed by atoms with E-state index >= 15 is 0 Å². The molecule has 0 aliphatic carbocycles. The van der Waals surface area contributed by atoms with Crippen molar-refractivity contribution in [3.8, 4) is 0 Å². The molecular weight excluding hydrogens is 554 g/mol. The molecule has 0 radical (unpaired) electrons. The van der Waals surface area contributed by atoms with Crippen molar-refractivity contribution in [2.45, 2.75) is 32.4 Å². The van der Waals surface area contributed by atoms with Crippen molar-refractivity contribution in [1.29, 1.82) is 0 Å². The Hall–Kier alpha value is -1.42. The number of imidazole rings is 1. The van der Waals surface area contributed by atoms with E-state index < -0.39 is 5.91 Å². The van der Waals surface area contributed by atoms with Gasteiger partial charge in [-0.05, 0) is 19.8 Å². The summed E-state index contributed by atoms with van der Waals surface area (Å²) in [5.74, 6) is -0.451. The minimum Gasteiger partial charge on any atom is -0.868 e.